The lowest BCUT2D eigenvalue weighted by Gasteiger charge is -2.38. The summed E-state index contributed by atoms with van der Waals surface area (Å²) in [6.07, 6.45) is 2.44. The van der Waals surface area contributed by atoms with Crippen molar-refractivity contribution in [1.29, 1.82) is 0 Å². The number of nitrogens with zero attached hydrogens (tertiary/aromatic N) is 2. The second kappa shape index (κ2) is 6.82. The van der Waals surface area contributed by atoms with Crippen LogP contribution in [0.15, 0.2) is 84.0 Å². The molecule has 0 spiro atoms. The third kappa shape index (κ3) is 2.45. The standard InChI is InChI=1S/C27H26N2O/c1-19-13-15-21(16-14-19)26-25-24(20-9-3-2-4-10-20)22-11-5-6-12-23(22)27(25,30-28-26)29-17-7-8-18-29/h2-6,9-16,24-25H,7-8,17-18H2,1H3/t24-,25-,27-/m0/s1. The highest BCUT2D eigenvalue weighted by molar-refractivity contribution is 6.05. The fourth-order valence-electron chi connectivity index (χ4n) is 5.76. The molecule has 6 rings (SSSR count). The number of oxime groups is 1. The monoisotopic (exact) mass is 394 g/mol. The highest BCUT2D eigenvalue weighted by Gasteiger charge is 2.63. The first-order chi connectivity index (χ1) is 14.8. The lowest BCUT2D eigenvalue weighted by Crippen LogP contribution is -2.49. The predicted molar refractivity (Wildman–Crippen MR) is 120 cm³/mol. The number of benzene rings is 3. The summed E-state index contributed by atoms with van der Waals surface area (Å²) in [6, 6.07) is 28.5. The molecule has 0 saturated carbocycles. The number of likely N-dealkylation sites (tertiary alicyclic amines) is 1. The van der Waals surface area contributed by atoms with E-state index in [-0.39, 0.29) is 11.8 Å². The number of hydrogen-bond acceptors (Lipinski definition) is 3. The van der Waals surface area contributed by atoms with Crippen LogP contribution in [0.5, 0.6) is 0 Å². The molecule has 2 aliphatic heterocycles. The van der Waals surface area contributed by atoms with Crippen molar-refractivity contribution in [2.75, 3.05) is 13.1 Å². The van der Waals surface area contributed by atoms with Gasteiger partial charge < -0.3 is 4.84 Å². The van der Waals surface area contributed by atoms with Crippen LogP contribution in [0.3, 0.4) is 0 Å². The van der Waals surface area contributed by atoms with Crippen molar-refractivity contribution in [3.63, 3.8) is 0 Å². The first-order valence-electron chi connectivity index (χ1n) is 11.0. The third-order valence-corrected chi connectivity index (χ3v) is 7.10. The molecule has 30 heavy (non-hydrogen) atoms. The van der Waals surface area contributed by atoms with Gasteiger partial charge in [0.15, 0.2) is 0 Å². The van der Waals surface area contributed by atoms with Crippen molar-refractivity contribution < 1.29 is 4.84 Å². The van der Waals surface area contributed by atoms with E-state index >= 15 is 0 Å². The van der Waals surface area contributed by atoms with Gasteiger partial charge in [-0.25, -0.2) is 0 Å². The fraction of sp³-hybridized carbons (Fsp3) is 0.296. The molecule has 0 amide bonds. The number of rotatable bonds is 3. The van der Waals surface area contributed by atoms with Gasteiger partial charge in [-0.15, -0.1) is 0 Å². The molecule has 3 heteroatoms. The summed E-state index contributed by atoms with van der Waals surface area (Å²) in [5, 5.41) is 4.79. The lowest BCUT2D eigenvalue weighted by molar-refractivity contribution is -0.155. The Kier molecular flexibility index (Phi) is 4.07. The zero-order valence-electron chi connectivity index (χ0n) is 17.3. The summed E-state index contributed by atoms with van der Waals surface area (Å²) in [5.74, 6) is 0.364. The Labute approximate surface area is 178 Å². The average molecular weight is 395 g/mol. The van der Waals surface area contributed by atoms with Crippen LogP contribution in [-0.4, -0.2) is 23.7 Å². The molecule has 2 heterocycles. The molecular weight excluding hydrogens is 368 g/mol. The SMILES string of the molecule is Cc1ccc(C2=NO[C@@]3(N4CCCC4)c4ccccc4[C@H](c4ccccc4)[C@@H]23)cc1. The minimum atomic E-state index is -0.506. The Hall–Kier alpha value is -2.91. The molecule has 150 valence electrons. The molecule has 0 radical (unpaired) electrons. The van der Waals surface area contributed by atoms with E-state index < -0.39 is 5.72 Å². The van der Waals surface area contributed by atoms with Gasteiger partial charge in [0.05, 0.1) is 11.6 Å². The van der Waals surface area contributed by atoms with Crippen LogP contribution >= 0.6 is 0 Å². The van der Waals surface area contributed by atoms with Crippen LogP contribution < -0.4 is 0 Å². The van der Waals surface area contributed by atoms with Gasteiger partial charge in [-0.1, -0.05) is 89.6 Å². The van der Waals surface area contributed by atoms with E-state index in [9.17, 15) is 0 Å². The molecule has 0 aromatic heterocycles. The van der Waals surface area contributed by atoms with Crippen LogP contribution in [-0.2, 0) is 10.6 Å². The molecular formula is C27H26N2O. The van der Waals surface area contributed by atoms with E-state index in [1.54, 1.807) is 0 Å². The minimum absolute atomic E-state index is 0.137. The molecule has 3 atom stereocenters. The Morgan fingerprint density at radius 3 is 2.33 bits per heavy atom. The molecule has 1 saturated heterocycles. The van der Waals surface area contributed by atoms with Gasteiger partial charge in [0.25, 0.3) is 0 Å². The van der Waals surface area contributed by atoms with Gasteiger partial charge in [-0.3, -0.25) is 4.90 Å². The molecule has 3 aromatic carbocycles. The molecule has 1 fully saturated rings. The van der Waals surface area contributed by atoms with Crippen molar-refractivity contribution in [3.05, 3.63) is 107 Å². The summed E-state index contributed by atoms with van der Waals surface area (Å²) in [5.41, 5.74) is 7.00. The van der Waals surface area contributed by atoms with Crippen molar-refractivity contribution in [1.82, 2.24) is 4.90 Å². The summed E-state index contributed by atoms with van der Waals surface area (Å²) in [4.78, 5) is 9.08. The molecule has 0 bridgehead atoms. The van der Waals surface area contributed by atoms with Gasteiger partial charge in [0.2, 0.25) is 5.72 Å². The highest BCUT2D eigenvalue weighted by Crippen LogP contribution is 2.59. The Morgan fingerprint density at radius 2 is 1.57 bits per heavy atom. The number of fused-ring (bicyclic) bond motifs is 3. The molecule has 3 aromatic rings. The van der Waals surface area contributed by atoms with E-state index in [1.807, 2.05) is 0 Å². The van der Waals surface area contributed by atoms with Gasteiger partial charge in [-0.05, 0) is 36.5 Å². The first kappa shape index (κ1) is 17.9. The van der Waals surface area contributed by atoms with Crippen LogP contribution in [0.1, 0.15) is 46.6 Å². The van der Waals surface area contributed by atoms with Crippen molar-refractivity contribution >= 4 is 5.71 Å². The van der Waals surface area contributed by atoms with E-state index in [0.717, 1.165) is 18.8 Å². The van der Waals surface area contributed by atoms with Gasteiger partial charge in [0.1, 0.15) is 0 Å². The van der Waals surface area contributed by atoms with E-state index in [1.165, 1.54) is 40.7 Å². The molecule has 0 unspecified atom stereocenters. The van der Waals surface area contributed by atoms with E-state index in [0.29, 0.717) is 0 Å². The van der Waals surface area contributed by atoms with Crippen LogP contribution in [0.4, 0.5) is 0 Å². The fourth-order valence-corrected chi connectivity index (χ4v) is 5.76. The normalized spacial score (nSPS) is 27.4. The molecule has 3 aliphatic rings. The Balaban J connectivity index is 1.58. The van der Waals surface area contributed by atoms with Gasteiger partial charge in [0, 0.05) is 24.6 Å². The Bertz CT molecular complexity index is 1100. The maximum absolute atomic E-state index is 6.54. The zero-order chi connectivity index (χ0) is 20.1. The van der Waals surface area contributed by atoms with Gasteiger partial charge in [-0.2, -0.15) is 0 Å². The maximum atomic E-state index is 6.54. The summed E-state index contributed by atoms with van der Waals surface area (Å²) >= 11 is 0. The summed E-state index contributed by atoms with van der Waals surface area (Å²) < 4.78 is 0. The van der Waals surface area contributed by atoms with Crippen LogP contribution in [0.25, 0.3) is 0 Å². The average Bonchev–Trinajstić information content (AvgIpc) is 3.50. The first-order valence-corrected chi connectivity index (χ1v) is 11.0. The second-order valence-corrected chi connectivity index (χ2v) is 8.78. The van der Waals surface area contributed by atoms with Gasteiger partial charge >= 0.3 is 0 Å². The van der Waals surface area contributed by atoms with E-state index in [4.69, 9.17) is 9.99 Å². The molecule has 3 nitrogen and oxygen atoms in total. The molecule has 0 N–H and O–H groups in total. The van der Waals surface area contributed by atoms with Crippen molar-refractivity contribution in [2.24, 2.45) is 11.1 Å². The second-order valence-electron chi connectivity index (χ2n) is 8.78. The van der Waals surface area contributed by atoms with Crippen LogP contribution in [0, 0.1) is 12.8 Å². The number of hydrogen-bond donors (Lipinski definition) is 0. The van der Waals surface area contributed by atoms with Crippen LogP contribution in [0.2, 0.25) is 0 Å². The smallest absolute Gasteiger partial charge is 0.226 e. The van der Waals surface area contributed by atoms with E-state index in [2.05, 4.69) is 90.7 Å². The topological polar surface area (TPSA) is 24.8 Å². The largest absolute Gasteiger partial charge is 0.367 e. The predicted octanol–water partition coefficient (Wildman–Crippen LogP) is 5.44. The lowest BCUT2D eigenvalue weighted by atomic mass is 9.78. The van der Waals surface area contributed by atoms with Crippen molar-refractivity contribution in [2.45, 2.75) is 31.4 Å². The summed E-state index contributed by atoms with van der Waals surface area (Å²) in [7, 11) is 0. The number of aryl methyl sites for hydroxylation is 1. The highest BCUT2D eigenvalue weighted by atomic mass is 16.7. The minimum Gasteiger partial charge on any atom is -0.367 e. The summed E-state index contributed by atoms with van der Waals surface area (Å²) in [6.45, 7) is 4.25. The zero-order valence-corrected chi connectivity index (χ0v) is 17.3. The van der Waals surface area contributed by atoms with Crippen molar-refractivity contribution in [3.8, 4) is 0 Å². The third-order valence-electron chi connectivity index (χ3n) is 7.10. The Morgan fingerprint density at radius 1 is 0.867 bits per heavy atom. The molecule has 1 aliphatic carbocycles. The quantitative estimate of drug-likeness (QED) is 0.591. The maximum Gasteiger partial charge on any atom is 0.226 e.